The Morgan fingerprint density at radius 3 is 2.57 bits per heavy atom. The Morgan fingerprint density at radius 2 is 2.21 bits per heavy atom. The maximum absolute atomic E-state index is 12.2. The van der Waals surface area contributed by atoms with E-state index in [4.69, 9.17) is 5.21 Å². The normalized spacial score (nSPS) is 11.5. The molecule has 14 heavy (non-hydrogen) atoms. The number of carbonyl (C=O) groups is 1. The monoisotopic (exact) mass is 209 g/mol. The number of hydrogen-bond acceptors (Lipinski definition) is 3. The van der Waals surface area contributed by atoms with Gasteiger partial charge < -0.3 is 0 Å². The van der Waals surface area contributed by atoms with Crippen LogP contribution in [0.1, 0.15) is 16.2 Å². The molecule has 0 aliphatic rings. The Hall–Kier alpha value is -1.57. The predicted octanol–water partition coefficient (Wildman–Crippen LogP) is 0.558. The Morgan fingerprint density at radius 1 is 1.64 bits per heavy atom. The van der Waals surface area contributed by atoms with Crippen LogP contribution in [-0.4, -0.2) is 20.9 Å². The summed E-state index contributed by atoms with van der Waals surface area (Å²) in [5.41, 5.74) is -0.366. The molecular weight excluding hydrogens is 203 g/mol. The minimum atomic E-state index is -4.57. The van der Waals surface area contributed by atoms with Crippen LogP contribution in [0.2, 0.25) is 0 Å². The zero-order valence-corrected chi connectivity index (χ0v) is 6.96. The van der Waals surface area contributed by atoms with Crippen LogP contribution in [0.4, 0.5) is 13.2 Å². The van der Waals surface area contributed by atoms with Crippen LogP contribution in [-0.2, 0) is 13.2 Å². The average molecular weight is 209 g/mol. The summed E-state index contributed by atoms with van der Waals surface area (Å²) in [6.45, 7) is 0. The first kappa shape index (κ1) is 10.5. The molecule has 1 heterocycles. The van der Waals surface area contributed by atoms with Crippen LogP contribution in [0.25, 0.3) is 0 Å². The van der Waals surface area contributed by atoms with Gasteiger partial charge in [-0.25, -0.2) is 5.48 Å². The number of carbonyl (C=O) groups excluding carboxylic acids is 1. The van der Waals surface area contributed by atoms with Gasteiger partial charge in [-0.3, -0.25) is 14.7 Å². The van der Waals surface area contributed by atoms with Gasteiger partial charge in [-0.1, -0.05) is 0 Å². The first-order valence-corrected chi connectivity index (χ1v) is 3.42. The summed E-state index contributed by atoms with van der Waals surface area (Å²) in [5, 5.41) is 11.4. The Balaban J connectivity index is 3.12. The highest BCUT2D eigenvalue weighted by atomic mass is 19.4. The van der Waals surface area contributed by atoms with Crippen LogP contribution >= 0.6 is 0 Å². The Kier molecular flexibility index (Phi) is 2.47. The van der Waals surface area contributed by atoms with E-state index in [2.05, 4.69) is 5.10 Å². The molecular formula is C6H6F3N3O2. The van der Waals surface area contributed by atoms with E-state index in [-0.39, 0.29) is 0 Å². The van der Waals surface area contributed by atoms with Gasteiger partial charge in [0.1, 0.15) is 5.69 Å². The number of hydroxylamine groups is 1. The van der Waals surface area contributed by atoms with Crippen molar-refractivity contribution in [2.45, 2.75) is 6.18 Å². The second-order valence-corrected chi connectivity index (χ2v) is 2.48. The van der Waals surface area contributed by atoms with Crippen molar-refractivity contribution in [1.29, 1.82) is 0 Å². The van der Waals surface area contributed by atoms with Crippen molar-refractivity contribution in [3.63, 3.8) is 0 Å². The number of hydrogen-bond donors (Lipinski definition) is 2. The fourth-order valence-electron chi connectivity index (χ4n) is 0.901. The third-order valence-corrected chi connectivity index (χ3v) is 1.50. The van der Waals surface area contributed by atoms with Crippen molar-refractivity contribution in [1.82, 2.24) is 15.3 Å². The molecule has 1 aromatic heterocycles. The zero-order valence-electron chi connectivity index (χ0n) is 6.96. The van der Waals surface area contributed by atoms with Crippen molar-refractivity contribution in [2.75, 3.05) is 0 Å². The van der Waals surface area contributed by atoms with Crippen LogP contribution in [0.15, 0.2) is 6.07 Å². The van der Waals surface area contributed by atoms with Crippen molar-refractivity contribution >= 4 is 5.91 Å². The summed E-state index contributed by atoms with van der Waals surface area (Å²) >= 11 is 0. The van der Waals surface area contributed by atoms with Gasteiger partial charge in [0, 0.05) is 13.1 Å². The summed E-state index contributed by atoms with van der Waals surface area (Å²) < 4.78 is 37.0. The minimum Gasteiger partial charge on any atom is -0.288 e. The van der Waals surface area contributed by atoms with E-state index in [0.717, 1.165) is 7.05 Å². The van der Waals surface area contributed by atoms with Crippen molar-refractivity contribution in [3.05, 3.63) is 17.5 Å². The number of alkyl halides is 3. The largest absolute Gasteiger partial charge is 0.433 e. The molecule has 1 rings (SSSR count). The molecule has 78 valence electrons. The second kappa shape index (κ2) is 3.29. The molecule has 0 spiro atoms. The highest BCUT2D eigenvalue weighted by Gasteiger charge is 2.35. The highest BCUT2D eigenvalue weighted by molar-refractivity contribution is 5.91. The number of aromatic nitrogens is 2. The third kappa shape index (κ3) is 1.84. The zero-order chi connectivity index (χ0) is 10.9. The van der Waals surface area contributed by atoms with Gasteiger partial charge in [-0.15, -0.1) is 0 Å². The number of rotatable bonds is 1. The number of aryl methyl sites for hydroxylation is 1. The lowest BCUT2D eigenvalue weighted by Crippen LogP contribution is -2.19. The summed E-state index contributed by atoms with van der Waals surface area (Å²) in [6.07, 6.45) is -4.57. The number of halogens is 3. The highest BCUT2D eigenvalue weighted by Crippen LogP contribution is 2.29. The van der Waals surface area contributed by atoms with Gasteiger partial charge in [-0.05, 0) is 0 Å². The van der Waals surface area contributed by atoms with Crippen LogP contribution in [0, 0.1) is 0 Å². The van der Waals surface area contributed by atoms with E-state index in [1.807, 2.05) is 0 Å². The molecule has 1 amide bonds. The van der Waals surface area contributed by atoms with E-state index in [0.29, 0.717) is 10.7 Å². The fraction of sp³-hybridized carbons (Fsp3) is 0.333. The summed E-state index contributed by atoms with van der Waals surface area (Å²) in [4.78, 5) is 10.7. The lowest BCUT2D eigenvalue weighted by molar-refractivity contribution is -0.143. The molecule has 5 nitrogen and oxygen atoms in total. The predicted molar refractivity (Wildman–Crippen MR) is 37.5 cm³/mol. The van der Waals surface area contributed by atoms with Crippen LogP contribution < -0.4 is 5.48 Å². The van der Waals surface area contributed by atoms with Crippen molar-refractivity contribution < 1.29 is 23.2 Å². The molecule has 0 unspecified atom stereocenters. The van der Waals surface area contributed by atoms with E-state index in [1.165, 1.54) is 5.48 Å². The molecule has 0 fully saturated rings. The average Bonchev–Trinajstić information content (AvgIpc) is 2.45. The SMILES string of the molecule is Cn1nc(C(=O)NO)cc1C(F)(F)F. The molecule has 0 atom stereocenters. The first-order valence-electron chi connectivity index (χ1n) is 3.42. The third-order valence-electron chi connectivity index (χ3n) is 1.50. The molecule has 1 aromatic rings. The molecule has 0 aliphatic carbocycles. The molecule has 2 N–H and O–H groups in total. The number of nitrogens with one attached hydrogen (secondary N) is 1. The van der Waals surface area contributed by atoms with Crippen molar-refractivity contribution in [2.24, 2.45) is 7.05 Å². The minimum absolute atomic E-state index is 0.498. The number of amides is 1. The maximum atomic E-state index is 12.2. The van der Waals surface area contributed by atoms with Gasteiger partial charge in [0.15, 0.2) is 5.69 Å². The van der Waals surface area contributed by atoms with E-state index >= 15 is 0 Å². The molecule has 0 radical (unpaired) electrons. The molecule has 0 bridgehead atoms. The molecule has 0 aromatic carbocycles. The van der Waals surface area contributed by atoms with Gasteiger partial charge in [0.05, 0.1) is 0 Å². The van der Waals surface area contributed by atoms with E-state index < -0.39 is 23.5 Å². The van der Waals surface area contributed by atoms with Crippen LogP contribution in [0.3, 0.4) is 0 Å². The Bertz CT molecular complexity index is 358. The number of nitrogens with zero attached hydrogens (tertiary/aromatic N) is 2. The molecule has 8 heteroatoms. The lowest BCUT2D eigenvalue weighted by atomic mass is 10.3. The summed E-state index contributed by atoms with van der Waals surface area (Å²) in [6, 6.07) is 0.547. The van der Waals surface area contributed by atoms with Gasteiger partial charge >= 0.3 is 6.18 Å². The summed E-state index contributed by atoms with van der Waals surface area (Å²) in [7, 11) is 1.05. The summed E-state index contributed by atoms with van der Waals surface area (Å²) in [5.74, 6) is -1.09. The molecule has 0 saturated heterocycles. The second-order valence-electron chi connectivity index (χ2n) is 2.48. The van der Waals surface area contributed by atoms with E-state index in [9.17, 15) is 18.0 Å². The van der Waals surface area contributed by atoms with E-state index in [1.54, 1.807) is 0 Å². The molecule has 0 aliphatic heterocycles. The van der Waals surface area contributed by atoms with Gasteiger partial charge in [0.25, 0.3) is 5.91 Å². The van der Waals surface area contributed by atoms with Gasteiger partial charge in [-0.2, -0.15) is 18.3 Å². The molecule has 0 saturated carbocycles. The Labute approximate surface area is 76.1 Å². The van der Waals surface area contributed by atoms with Crippen molar-refractivity contribution in [3.8, 4) is 0 Å². The smallest absolute Gasteiger partial charge is 0.288 e. The maximum Gasteiger partial charge on any atom is 0.433 e. The fourth-order valence-corrected chi connectivity index (χ4v) is 0.901. The first-order chi connectivity index (χ1) is 6.36. The topological polar surface area (TPSA) is 67.2 Å². The van der Waals surface area contributed by atoms with Gasteiger partial charge in [0.2, 0.25) is 0 Å². The van der Waals surface area contributed by atoms with Crippen LogP contribution in [0.5, 0.6) is 0 Å². The quantitative estimate of drug-likeness (QED) is 0.524. The standard InChI is InChI=1S/C6H6F3N3O2/c1-12-4(6(7,8)9)2-3(10-12)5(13)11-14/h2,14H,1H3,(H,11,13). The lowest BCUT2D eigenvalue weighted by Gasteiger charge is -2.04.